The monoisotopic (exact) mass is 314 g/mol. The summed E-state index contributed by atoms with van der Waals surface area (Å²) in [6.07, 6.45) is 7.59. The van der Waals surface area contributed by atoms with Crippen LogP contribution in [0.4, 0.5) is 0 Å². The third kappa shape index (κ3) is 3.76. The van der Waals surface area contributed by atoms with Crippen molar-refractivity contribution >= 4 is 5.91 Å². The van der Waals surface area contributed by atoms with Crippen molar-refractivity contribution in [1.29, 1.82) is 0 Å². The molecule has 1 unspecified atom stereocenters. The molecule has 2 aromatic rings. The van der Waals surface area contributed by atoms with Gasteiger partial charge in [-0.15, -0.1) is 0 Å². The summed E-state index contributed by atoms with van der Waals surface area (Å²) in [5.74, 6) is -0.113. The third-order valence-electron chi connectivity index (χ3n) is 3.97. The quantitative estimate of drug-likeness (QED) is 0.920. The summed E-state index contributed by atoms with van der Waals surface area (Å²) in [6.45, 7) is 5.50. The predicted molar refractivity (Wildman–Crippen MR) is 87.2 cm³/mol. The SMILES string of the molecule is CC(C)n1cc(-c2ccc(C(=O)NCC3CCCO3)cn2)cn1. The molecule has 1 amide bonds. The molecule has 122 valence electrons. The molecule has 6 heteroatoms. The Morgan fingerprint density at radius 3 is 2.91 bits per heavy atom. The van der Waals surface area contributed by atoms with Gasteiger partial charge in [0, 0.05) is 37.2 Å². The van der Waals surface area contributed by atoms with Crippen LogP contribution >= 0.6 is 0 Å². The molecule has 0 aliphatic carbocycles. The van der Waals surface area contributed by atoms with E-state index in [1.165, 1.54) is 0 Å². The Morgan fingerprint density at radius 1 is 1.43 bits per heavy atom. The number of ether oxygens (including phenoxy) is 1. The fourth-order valence-electron chi connectivity index (χ4n) is 2.57. The highest BCUT2D eigenvalue weighted by Gasteiger charge is 2.17. The van der Waals surface area contributed by atoms with Gasteiger partial charge in [-0.1, -0.05) is 0 Å². The second kappa shape index (κ2) is 6.91. The van der Waals surface area contributed by atoms with E-state index in [0.29, 0.717) is 18.2 Å². The highest BCUT2D eigenvalue weighted by atomic mass is 16.5. The Hall–Kier alpha value is -2.21. The molecular formula is C17H22N4O2. The summed E-state index contributed by atoms with van der Waals surface area (Å²) in [5.41, 5.74) is 2.32. The lowest BCUT2D eigenvalue weighted by molar-refractivity contribution is 0.0857. The summed E-state index contributed by atoms with van der Waals surface area (Å²) in [6, 6.07) is 3.95. The zero-order chi connectivity index (χ0) is 16.2. The van der Waals surface area contributed by atoms with Crippen LogP contribution < -0.4 is 5.32 Å². The van der Waals surface area contributed by atoms with Crippen molar-refractivity contribution in [3.8, 4) is 11.3 Å². The van der Waals surface area contributed by atoms with Gasteiger partial charge in [-0.05, 0) is 38.8 Å². The molecule has 0 saturated carbocycles. The molecule has 1 aliphatic rings. The average molecular weight is 314 g/mol. The van der Waals surface area contributed by atoms with Crippen LogP contribution in [-0.2, 0) is 4.74 Å². The second-order valence-corrected chi connectivity index (χ2v) is 6.08. The maximum atomic E-state index is 12.1. The lowest BCUT2D eigenvalue weighted by atomic mass is 10.2. The minimum Gasteiger partial charge on any atom is -0.376 e. The van der Waals surface area contributed by atoms with Crippen molar-refractivity contribution in [2.75, 3.05) is 13.2 Å². The van der Waals surface area contributed by atoms with E-state index in [9.17, 15) is 4.79 Å². The first-order valence-electron chi connectivity index (χ1n) is 8.04. The van der Waals surface area contributed by atoms with Gasteiger partial charge in [0.05, 0.1) is 23.6 Å². The van der Waals surface area contributed by atoms with E-state index in [-0.39, 0.29) is 12.0 Å². The number of carbonyl (C=O) groups excluding carboxylic acids is 1. The maximum absolute atomic E-state index is 12.1. The van der Waals surface area contributed by atoms with Crippen LogP contribution in [-0.4, -0.2) is 39.9 Å². The number of pyridine rings is 1. The van der Waals surface area contributed by atoms with E-state index in [4.69, 9.17) is 4.74 Å². The first kappa shape index (κ1) is 15.7. The van der Waals surface area contributed by atoms with Crippen LogP contribution in [0.5, 0.6) is 0 Å². The van der Waals surface area contributed by atoms with Gasteiger partial charge in [-0.2, -0.15) is 5.10 Å². The molecule has 3 rings (SSSR count). The summed E-state index contributed by atoms with van der Waals surface area (Å²) in [7, 11) is 0. The molecular weight excluding hydrogens is 292 g/mol. The highest BCUT2D eigenvalue weighted by Crippen LogP contribution is 2.18. The Balaban J connectivity index is 1.62. The van der Waals surface area contributed by atoms with E-state index < -0.39 is 0 Å². The number of nitrogens with one attached hydrogen (secondary N) is 1. The van der Waals surface area contributed by atoms with Gasteiger partial charge < -0.3 is 10.1 Å². The molecule has 1 fully saturated rings. The van der Waals surface area contributed by atoms with Gasteiger partial charge in [0.15, 0.2) is 0 Å². The van der Waals surface area contributed by atoms with E-state index in [1.54, 1.807) is 18.5 Å². The van der Waals surface area contributed by atoms with Crippen molar-refractivity contribution in [1.82, 2.24) is 20.1 Å². The first-order chi connectivity index (χ1) is 11.1. The van der Waals surface area contributed by atoms with Gasteiger partial charge in [-0.25, -0.2) is 0 Å². The predicted octanol–water partition coefficient (Wildman–Crippen LogP) is 2.43. The van der Waals surface area contributed by atoms with Crippen molar-refractivity contribution in [3.05, 3.63) is 36.3 Å². The van der Waals surface area contributed by atoms with Crippen LogP contribution in [0, 0.1) is 0 Å². The molecule has 1 aliphatic heterocycles. The standard InChI is InChI=1S/C17H22N4O2/c1-12(2)21-11-14(9-20-21)16-6-5-13(8-18-16)17(22)19-10-15-4-3-7-23-15/h5-6,8-9,11-12,15H,3-4,7,10H2,1-2H3,(H,19,22). The molecule has 1 saturated heterocycles. The topological polar surface area (TPSA) is 69.0 Å². The fraction of sp³-hybridized carbons (Fsp3) is 0.471. The van der Waals surface area contributed by atoms with Crippen LogP contribution in [0.2, 0.25) is 0 Å². The van der Waals surface area contributed by atoms with Crippen LogP contribution in [0.1, 0.15) is 43.1 Å². The van der Waals surface area contributed by atoms with Crippen molar-refractivity contribution in [3.63, 3.8) is 0 Å². The molecule has 1 atom stereocenters. The van der Waals surface area contributed by atoms with Gasteiger partial charge in [0.2, 0.25) is 0 Å². The van der Waals surface area contributed by atoms with E-state index in [2.05, 4.69) is 29.2 Å². The summed E-state index contributed by atoms with van der Waals surface area (Å²) >= 11 is 0. The number of aromatic nitrogens is 3. The maximum Gasteiger partial charge on any atom is 0.252 e. The zero-order valence-corrected chi connectivity index (χ0v) is 13.5. The summed E-state index contributed by atoms with van der Waals surface area (Å²) in [4.78, 5) is 16.5. The van der Waals surface area contributed by atoms with Crippen molar-refractivity contribution in [2.45, 2.75) is 38.8 Å². The number of nitrogens with zero attached hydrogens (tertiary/aromatic N) is 3. The molecule has 2 aromatic heterocycles. The third-order valence-corrected chi connectivity index (χ3v) is 3.97. The molecule has 23 heavy (non-hydrogen) atoms. The van der Waals surface area contributed by atoms with Crippen LogP contribution in [0.3, 0.4) is 0 Å². The van der Waals surface area contributed by atoms with Gasteiger partial charge >= 0.3 is 0 Å². The van der Waals surface area contributed by atoms with Crippen molar-refractivity contribution < 1.29 is 9.53 Å². The molecule has 3 heterocycles. The first-order valence-corrected chi connectivity index (χ1v) is 8.04. The lowest BCUT2D eigenvalue weighted by Gasteiger charge is -2.10. The minimum atomic E-state index is -0.113. The molecule has 0 aromatic carbocycles. The van der Waals surface area contributed by atoms with Crippen LogP contribution in [0.15, 0.2) is 30.7 Å². The van der Waals surface area contributed by atoms with Crippen LogP contribution in [0.25, 0.3) is 11.3 Å². The van der Waals surface area contributed by atoms with Gasteiger partial charge in [0.25, 0.3) is 5.91 Å². The van der Waals surface area contributed by atoms with Gasteiger partial charge in [-0.3, -0.25) is 14.5 Å². The number of amides is 1. The molecule has 0 bridgehead atoms. The Labute approximate surface area is 135 Å². The molecule has 0 spiro atoms. The molecule has 6 nitrogen and oxygen atoms in total. The Bertz CT molecular complexity index is 657. The Morgan fingerprint density at radius 2 is 2.30 bits per heavy atom. The number of carbonyl (C=O) groups is 1. The van der Waals surface area contributed by atoms with E-state index in [0.717, 1.165) is 30.7 Å². The largest absolute Gasteiger partial charge is 0.376 e. The second-order valence-electron chi connectivity index (χ2n) is 6.08. The number of hydrogen-bond donors (Lipinski definition) is 1. The molecule has 1 N–H and O–H groups in total. The summed E-state index contributed by atoms with van der Waals surface area (Å²) in [5, 5.41) is 7.21. The highest BCUT2D eigenvalue weighted by molar-refractivity contribution is 5.94. The number of rotatable bonds is 5. The van der Waals surface area contributed by atoms with Crippen molar-refractivity contribution in [2.24, 2.45) is 0 Å². The smallest absolute Gasteiger partial charge is 0.252 e. The normalized spacial score (nSPS) is 17.6. The van der Waals surface area contributed by atoms with E-state index >= 15 is 0 Å². The zero-order valence-electron chi connectivity index (χ0n) is 13.5. The summed E-state index contributed by atoms with van der Waals surface area (Å²) < 4.78 is 7.39. The molecule has 0 radical (unpaired) electrons. The number of hydrogen-bond acceptors (Lipinski definition) is 4. The average Bonchev–Trinajstić information content (AvgIpc) is 3.24. The fourth-order valence-corrected chi connectivity index (χ4v) is 2.57. The van der Waals surface area contributed by atoms with E-state index in [1.807, 2.05) is 16.9 Å². The minimum absolute atomic E-state index is 0.113. The lowest BCUT2D eigenvalue weighted by Crippen LogP contribution is -2.31. The Kier molecular flexibility index (Phi) is 4.71. The van der Waals surface area contributed by atoms with Gasteiger partial charge in [0.1, 0.15) is 0 Å².